The molecule has 172 valence electrons. The molecular weight excluding hydrogens is 410 g/mol. The standard InChI is InChI=1S/C24H31N3O5/c1-17-5-6-18(2)20(14-17)22-15-21(25-32-22)24(29)27(16-19-4-3-11-31-19)8-7-23(28)26-9-12-30-13-10-26/h5-6,14-15,19H,3-4,7-13,16H2,1-2H3/t19-/m1/s1. The van der Waals surface area contributed by atoms with Gasteiger partial charge in [0.05, 0.1) is 19.3 Å². The minimum absolute atomic E-state index is 0.0113. The van der Waals surface area contributed by atoms with Gasteiger partial charge in [-0.15, -0.1) is 0 Å². The lowest BCUT2D eigenvalue weighted by Crippen LogP contribution is -2.44. The molecule has 0 saturated carbocycles. The van der Waals surface area contributed by atoms with E-state index in [-0.39, 0.29) is 30.0 Å². The number of carbonyl (C=O) groups excluding carboxylic acids is 2. The van der Waals surface area contributed by atoms with Gasteiger partial charge < -0.3 is 23.8 Å². The maximum atomic E-state index is 13.3. The van der Waals surface area contributed by atoms with E-state index in [2.05, 4.69) is 5.16 Å². The van der Waals surface area contributed by atoms with Crippen LogP contribution in [-0.4, -0.2) is 78.9 Å². The van der Waals surface area contributed by atoms with Crippen LogP contribution >= 0.6 is 0 Å². The Balaban J connectivity index is 1.47. The van der Waals surface area contributed by atoms with Crippen molar-refractivity contribution in [3.8, 4) is 11.3 Å². The Hall–Kier alpha value is -2.71. The lowest BCUT2D eigenvalue weighted by Gasteiger charge is -2.29. The van der Waals surface area contributed by atoms with Crippen LogP contribution in [0, 0.1) is 13.8 Å². The quantitative estimate of drug-likeness (QED) is 0.657. The molecule has 3 heterocycles. The summed E-state index contributed by atoms with van der Waals surface area (Å²) >= 11 is 0. The van der Waals surface area contributed by atoms with Crippen LogP contribution in [0.5, 0.6) is 0 Å². The second-order valence-electron chi connectivity index (χ2n) is 8.52. The van der Waals surface area contributed by atoms with Crippen molar-refractivity contribution in [1.29, 1.82) is 0 Å². The SMILES string of the molecule is Cc1ccc(C)c(-c2cc(C(=O)N(CCC(=O)N3CCOCC3)C[C@H]3CCCO3)no2)c1. The average molecular weight is 442 g/mol. The summed E-state index contributed by atoms with van der Waals surface area (Å²) < 4.78 is 16.6. The molecule has 0 radical (unpaired) electrons. The Kier molecular flexibility index (Phi) is 7.22. The molecule has 1 aromatic carbocycles. The third kappa shape index (κ3) is 5.37. The largest absolute Gasteiger partial charge is 0.378 e. The monoisotopic (exact) mass is 441 g/mol. The van der Waals surface area contributed by atoms with Gasteiger partial charge in [0.1, 0.15) is 0 Å². The second-order valence-corrected chi connectivity index (χ2v) is 8.52. The highest BCUT2D eigenvalue weighted by Crippen LogP contribution is 2.26. The number of aromatic nitrogens is 1. The summed E-state index contributed by atoms with van der Waals surface area (Å²) in [5.41, 5.74) is 3.33. The van der Waals surface area contributed by atoms with Crippen LogP contribution in [0.2, 0.25) is 0 Å². The van der Waals surface area contributed by atoms with Crippen LogP contribution in [0.15, 0.2) is 28.8 Å². The summed E-state index contributed by atoms with van der Waals surface area (Å²) in [6.07, 6.45) is 2.15. The van der Waals surface area contributed by atoms with Gasteiger partial charge in [-0.1, -0.05) is 22.9 Å². The van der Waals surface area contributed by atoms with E-state index in [1.807, 2.05) is 32.0 Å². The van der Waals surface area contributed by atoms with Crippen LogP contribution in [-0.2, 0) is 14.3 Å². The van der Waals surface area contributed by atoms with Crippen molar-refractivity contribution < 1.29 is 23.6 Å². The van der Waals surface area contributed by atoms with Gasteiger partial charge in [-0.3, -0.25) is 9.59 Å². The first-order chi connectivity index (χ1) is 15.5. The first-order valence-corrected chi connectivity index (χ1v) is 11.3. The number of morpholine rings is 1. The summed E-state index contributed by atoms with van der Waals surface area (Å²) in [4.78, 5) is 29.4. The average Bonchev–Trinajstić information content (AvgIpc) is 3.50. The Morgan fingerprint density at radius 1 is 1.16 bits per heavy atom. The fourth-order valence-corrected chi connectivity index (χ4v) is 4.18. The molecule has 32 heavy (non-hydrogen) atoms. The lowest BCUT2D eigenvalue weighted by atomic mass is 10.0. The molecular formula is C24H31N3O5. The fourth-order valence-electron chi connectivity index (χ4n) is 4.18. The maximum absolute atomic E-state index is 13.3. The summed E-state index contributed by atoms with van der Waals surface area (Å²) in [6, 6.07) is 7.78. The van der Waals surface area contributed by atoms with E-state index in [1.165, 1.54) is 0 Å². The lowest BCUT2D eigenvalue weighted by molar-refractivity contribution is -0.135. The minimum Gasteiger partial charge on any atom is -0.378 e. The van der Waals surface area contributed by atoms with Gasteiger partial charge in [0.25, 0.3) is 5.91 Å². The Bertz CT molecular complexity index is 945. The molecule has 0 bridgehead atoms. The molecule has 4 rings (SSSR count). The molecule has 2 fully saturated rings. The number of nitrogens with zero attached hydrogens (tertiary/aromatic N) is 3. The number of hydrogen-bond donors (Lipinski definition) is 0. The predicted molar refractivity (Wildman–Crippen MR) is 118 cm³/mol. The van der Waals surface area contributed by atoms with Crippen molar-refractivity contribution >= 4 is 11.8 Å². The van der Waals surface area contributed by atoms with Crippen molar-refractivity contribution in [3.05, 3.63) is 41.1 Å². The van der Waals surface area contributed by atoms with Gasteiger partial charge in [-0.2, -0.15) is 0 Å². The highest BCUT2D eigenvalue weighted by atomic mass is 16.5. The van der Waals surface area contributed by atoms with E-state index in [0.717, 1.165) is 29.5 Å². The third-order valence-electron chi connectivity index (χ3n) is 6.08. The smallest absolute Gasteiger partial charge is 0.276 e. The molecule has 0 aliphatic carbocycles. The van der Waals surface area contributed by atoms with E-state index in [4.69, 9.17) is 14.0 Å². The summed E-state index contributed by atoms with van der Waals surface area (Å²) in [7, 11) is 0. The zero-order valence-electron chi connectivity index (χ0n) is 18.8. The van der Waals surface area contributed by atoms with Crippen molar-refractivity contribution in [2.75, 3.05) is 46.0 Å². The van der Waals surface area contributed by atoms with Gasteiger partial charge in [0.15, 0.2) is 11.5 Å². The molecule has 2 aromatic rings. The van der Waals surface area contributed by atoms with Crippen LogP contribution < -0.4 is 0 Å². The van der Waals surface area contributed by atoms with Gasteiger partial charge in [-0.25, -0.2) is 0 Å². The Labute approximate surface area is 188 Å². The molecule has 2 saturated heterocycles. The number of benzene rings is 1. The number of ether oxygens (including phenoxy) is 2. The van der Waals surface area contributed by atoms with Crippen molar-refractivity contribution in [3.63, 3.8) is 0 Å². The molecule has 0 unspecified atom stereocenters. The molecule has 2 aliphatic rings. The highest BCUT2D eigenvalue weighted by molar-refractivity contribution is 5.93. The molecule has 0 spiro atoms. The number of rotatable bonds is 7. The van der Waals surface area contributed by atoms with E-state index < -0.39 is 0 Å². The summed E-state index contributed by atoms with van der Waals surface area (Å²) in [5.74, 6) is 0.362. The van der Waals surface area contributed by atoms with Crippen molar-refractivity contribution in [2.24, 2.45) is 0 Å². The number of aryl methyl sites for hydroxylation is 2. The van der Waals surface area contributed by atoms with E-state index in [9.17, 15) is 9.59 Å². The van der Waals surface area contributed by atoms with Crippen molar-refractivity contribution in [1.82, 2.24) is 15.0 Å². The summed E-state index contributed by atoms with van der Waals surface area (Å²) in [6.45, 7) is 7.80. The van der Waals surface area contributed by atoms with E-state index >= 15 is 0 Å². The van der Waals surface area contributed by atoms with Crippen LogP contribution in [0.4, 0.5) is 0 Å². The zero-order chi connectivity index (χ0) is 22.5. The molecule has 2 amide bonds. The van der Waals surface area contributed by atoms with E-state index in [1.54, 1.807) is 15.9 Å². The normalized spacial score (nSPS) is 18.7. The second kappa shape index (κ2) is 10.3. The first kappa shape index (κ1) is 22.5. The number of hydrogen-bond acceptors (Lipinski definition) is 6. The van der Waals surface area contributed by atoms with Gasteiger partial charge in [0, 0.05) is 50.8 Å². The minimum atomic E-state index is -0.240. The maximum Gasteiger partial charge on any atom is 0.276 e. The Morgan fingerprint density at radius 3 is 2.72 bits per heavy atom. The molecule has 0 N–H and O–H groups in total. The zero-order valence-corrected chi connectivity index (χ0v) is 18.8. The van der Waals surface area contributed by atoms with E-state index in [0.29, 0.717) is 51.8 Å². The van der Waals surface area contributed by atoms with Crippen LogP contribution in [0.1, 0.15) is 40.9 Å². The van der Waals surface area contributed by atoms with Gasteiger partial charge in [0.2, 0.25) is 5.91 Å². The molecule has 8 heteroatoms. The molecule has 1 atom stereocenters. The van der Waals surface area contributed by atoms with Gasteiger partial charge >= 0.3 is 0 Å². The first-order valence-electron chi connectivity index (χ1n) is 11.3. The Morgan fingerprint density at radius 2 is 1.97 bits per heavy atom. The van der Waals surface area contributed by atoms with Crippen LogP contribution in [0.3, 0.4) is 0 Å². The van der Waals surface area contributed by atoms with Crippen LogP contribution in [0.25, 0.3) is 11.3 Å². The summed E-state index contributed by atoms with van der Waals surface area (Å²) in [5, 5.41) is 4.06. The highest BCUT2D eigenvalue weighted by Gasteiger charge is 2.27. The predicted octanol–water partition coefficient (Wildman–Crippen LogP) is 2.83. The molecule has 1 aromatic heterocycles. The van der Waals surface area contributed by atoms with Gasteiger partial charge in [-0.05, 0) is 38.3 Å². The topological polar surface area (TPSA) is 85.1 Å². The number of amides is 2. The molecule has 2 aliphatic heterocycles. The third-order valence-corrected chi connectivity index (χ3v) is 6.08. The fraction of sp³-hybridized carbons (Fsp3) is 0.542. The van der Waals surface area contributed by atoms with Crippen molar-refractivity contribution in [2.45, 2.75) is 39.2 Å². The molecule has 8 nitrogen and oxygen atoms in total. The number of carbonyl (C=O) groups is 2.